The molecule has 5 heteroatoms. The van der Waals surface area contributed by atoms with Crippen molar-refractivity contribution in [1.82, 2.24) is 5.32 Å². The summed E-state index contributed by atoms with van der Waals surface area (Å²) in [6.45, 7) is 0.0906. The highest BCUT2D eigenvalue weighted by Gasteiger charge is 2.43. The first-order valence-electron chi connectivity index (χ1n) is 5.51. The molecule has 0 spiro atoms. The van der Waals surface area contributed by atoms with Crippen molar-refractivity contribution >= 4 is 11.7 Å². The van der Waals surface area contributed by atoms with Crippen LogP contribution >= 0.6 is 0 Å². The highest BCUT2D eigenvalue weighted by molar-refractivity contribution is 5.89. The highest BCUT2D eigenvalue weighted by atomic mass is 16.4. The third-order valence-corrected chi connectivity index (χ3v) is 2.93. The lowest BCUT2D eigenvalue weighted by Crippen LogP contribution is -2.34. The quantitative estimate of drug-likeness (QED) is 0.309. The molecule has 1 fully saturated rings. The number of hydrogen-bond donors (Lipinski definition) is 3. The van der Waals surface area contributed by atoms with E-state index in [0.29, 0.717) is 5.92 Å². The topological polar surface area (TPSA) is 87.7 Å². The Balaban J connectivity index is 1.85. The summed E-state index contributed by atoms with van der Waals surface area (Å²) in [4.78, 5) is 11.7. The van der Waals surface area contributed by atoms with Crippen LogP contribution in [0.15, 0.2) is 35.5 Å². The van der Waals surface area contributed by atoms with Crippen LogP contribution in [0.1, 0.15) is 17.9 Å². The van der Waals surface area contributed by atoms with Gasteiger partial charge in [-0.05, 0) is 17.9 Å². The van der Waals surface area contributed by atoms with Crippen LogP contribution in [0, 0.1) is 5.92 Å². The van der Waals surface area contributed by atoms with Gasteiger partial charge in [0.15, 0.2) is 5.84 Å². The van der Waals surface area contributed by atoms with Gasteiger partial charge in [-0.1, -0.05) is 35.5 Å². The van der Waals surface area contributed by atoms with Crippen molar-refractivity contribution in [3.8, 4) is 0 Å². The molecule has 1 aromatic carbocycles. The molecule has 0 radical (unpaired) electrons. The lowest BCUT2D eigenvalue weighted by Gasteiger charge is -2.03. The van der Waals surface area contributed by atoms with Crippen LogP contribution in [-0.4, -0.2) is 23.5 Å². The Morgan fingerprint density at radius 1 is 1.47 bits per heavy atom. The molecule has 1 aromatic rings. The van der Waals surface area contributed by atoms with Crippen LogP contribution in [0.3, 0.4) is 0 Å². The number of nitrogens with two attached hydrogens (primary N) is 1. The lowest BCUT2D eigenvalue weighted by atomic mass is 10.1. The molecule has 0 aliphatic heterocycles. The SMILES string of the molecule is N/C(CNC(=O)C1CC1c1ccccc1)=N/O. The number of amides is 1. The second-order valence-electron chi connectivity index (χ2n) is 4.17. The molecule has 5 nitrogen and oxygen atoms in total. The van der Waals surface area contributed by atoms with Crippen molar-refractivity contribution in [2.45, 2.75) is 12.3 Å². The maximum Gasteiger partial charge on any atom is 0.224 e. The van der Waals surface area contributed by atoms with Crippen molar-refractivity contribution in [2.75, 3.05) is 6.54 Å². The van der Waals surface area contributed by atoms with Crippen LogP contribution in [-0.2, 0) is 4.79 Å². The van der Waals surface area contributed by atoms with E-state index >= 15 is 0 Å². The molecule has 0 aromatic heterocycles. The van der Waals surface area contributed by atoms with Gasteiger partial charge in [0.2, 0.25) is 5.91 Å². The minimum Gasteiger partial charge on any atom is -0.409 e. The molecule has 1 amide bonds. The summed E-state index contributed by atoms with van der Waals surface area (Å²) in [7, 11) is 0. The van der Waals surface area contributed by atoms with Gasteiger partial charge in [-0.3, -0.25) is 4.79 Å². The highest BCUT2D eigenvalue weighted by Crippen LogP contribution is 2.47. The predicted molar refractivity (Wildman–Crippen MR) is 63.7 cm³/mol. The van der Waals surface area contributed by atoms with Crippen LogP contribution in [0.5, 0.6) is 0 Å². The van der Waals surface area contributed by atoms with Gasteiger partial charge in [-0.15, -0.1) is 0 Å². The number of nitrogens with one attached hydrogen (secondary N) is 1. The molecule has 1 aliphatic rings. The molecule has 4 N–H and O–H groups in total. The second kappa shape index (κ2) is 4.86. The fourth-order valence-corrected chi connectivity index (χ4v) is 1.90. The van der Waals surface area contributed by atoms with E-state index in [2.05, 4.69) is 10.5 Å². The number of rotatable bonds is 4. The molecule has 0 heterocycles. The van der Waals surface area contributed by atoms with Crippen LogP contribution in [0.25, 0.3) is 0 Å². The summed E-state index contributed by atoms with van der Waals surface area (Å²) in [5, 5.41) is 13.8. The van der Waals surface area contributed by atoms with Gasteiger partial charge in [-0.2, -0.15) is 0 Å². The van der Waals surface area contributed by atoms with E-state index in [0.717, 1.165) is 6.42 Å². The van der Waals surface area contributed by atoms with Crippen molar-refractivity contribution in [1.29, 1.82) is 0 Å². The Morgan fingerprint density at radius 3 is 2.82 bits per heavy atom. The fraction of sp³-hybridized carbons (Fsp3) is 0.333. The van der Waals surface area contributed by atoms with Crippen molar-refractivity contribution in [2.24, 2.45) is 16.8 Å². The maximum atomic E-state index is 11.7. The molecule has 0 bridgehead atoms. The zero-order chi connectivity index (χ0) is 12.3. The van der Waals surface area contributed by atoms with Crippen molar-refractivity contribution < 1.29 is 10.0 Å². The third-order valence-electron chi connectivity index (χ3n) is 2.93. The average molecular weight is 233 g/mol. The van der Waals surface area contributed by atoms with Gasteiger partial charge in [0.05, 0.1) is 6.54 Å². The first kappa shape index (κ1) is 11.4. The van der Waals surface area contributed by atoms with E-state index in [-0.39, 0.29) is 24.2 Å². The average Bonchev–Trinajstić information content (AvgIpc) is 3.17. The first-order chi connectivity index (χ1) is 8.22. The summed E-state index contributed by atoms with van der Waals surface area (Å²) in [6.07, 6.45) is 0.867. The Labute approximate surface area is 99.3 Å². The maximum absolute atomic E-state index is 11.7. The molecule has 0 saturated heterocycles. The van der Waals surface area contributed by atoms with Gasteiger partial charge in [0.1, 0.15) is 0 Å². The summed E-state index contributed by atoms with van der Waals surface area (Å²) >= 11 is 0. The monoisotopic (exact) mass is 233 g/mol. The van der Waals surface area contributed by atoms with Gasteiger partial charge in [0, 0.05) is 5.92 Å². The molecule has 17 heavy (non-hydrogen) atoms. The molecule has 1 aliphatic carbocycles. The van der Waals surface area contributed by atoms with Crippen LogP contribution < -0.4 is 11.1 Å². The van der Waals surface area contributed by atoms with Gasteiger partial charge in [-0.25, -0.2) is 0 Å². The minimum absolute atomic E-state index is 0.00950. The van der Waals surface area contributed by atoms with Gasteiger partial charge >= 0.3 is 0 Å². The smallest absolute Gasteiger partial charge is 0.224 e. The fourth-order valence-electron chi connectivity index (χ4n) is 1.90. The summed E-state index contributed by atoms with van der Waals surface area (Å²) in [5.74, 6) is 0.299. The molecule has 1 saturated carbocycles. The number of hydrogen-bond acceptors (Lipinski definition) is 3. The molecule has 90 valence electrons. The summed E-state index contributed by atoms with van der Waals surface area (Å²) in [6, 6.07) is 9.96. The zero-order valence-electron chi connectivity index (χ0n) is 9.34. The first-order valence-corrected chi connectivity index (χ1v) is 5.51. The van der Waals surface area contributed by atoms with Gasteiger partial charge < -0.3 is 16.3 Å². The number of carbonyl (C=O) groups is 1. The predicted octanol–water partition coefficient (Wildman–Crippen LogP) is 0.653. The Hall–Kier alpha value is -2.04. The van der Waals surface area contributed by atoms with Crippen molar-refractivity contribution in [3.05, 3.63) is 35.9 Å². The normalized spacial score (nSPS) is 23.2. The van der Waals surface area contributed by atoms with E-state index in [4.69, 9.17) is 10.9 Å². The second-order valence-corrected chi connectivity index (χ2v) is 4.17. The van der Waals surface area contributed by atoms with Crippen molar-refractivity contribution in [3.63, 3.8) is 0 Å². The molecule has 2 unspecified atom stereocenters. The molecular formula is C12H15N3O2. The lowest BCUT2D eigenvalue weighted by molar-refractivity contribution is -0.122. The minimum atomic E-state index is -0.0366. The van der Waals surface area contributed by atoms with E-state index < -0.39 is 0 Å². The molecule has 2 atom stereocenters. The zero-order valence-corrected chi connectivity index (χ0v) is 9.34. The van der Waals surface area contributed by atoms with Crippen LogP contribution in [0.4, 0.5) is 0 Å². The number of amidine groups is 1. The van der Waals surface area contributed by atoms with Gasteiger partial charge in [0.25, 0.3) is 0 Å². The summed E-state index contributed by atoms with van der Waals surface area (Å²) in [5.41, 5.74) is 6.46. The Morgan fingerprint density at radius 2 is 2.18 bits per heavy atom. The van der Waals surface area contributed by atoms with E-state index in [1.165, 1.54) is 5.56 Å². The molecule has 2 rings (SSSR count). The number of carbonyl (C=O) groups excluding carboxylic acids is 1. The number of benzene rings is 1. The third kappa shape index (κ3) is 2.75. The Kier molecular flexibility index (Phi) is 3.27. The summed E-state index contributed by atoms with van der Waals surface area (Å²) < 4.78 is 0. The standard InChI is InChI=1S/C12H15N3O2/c13-11(15-17)7-14-12(16)10-6-9(10)8-4-2-1-3-5-8/h1-5,9-10,17H,6-7H2,(H2,13,15)(H,14,16). The van der Waals surface area contributed by atoms with E-state index in [1.54, 1.807) is 0 Å². The van der Waals surface area contributed by atoms with E-state index in [1.807, 2.05) is 30.3 Å². The van der Waals surface area contributed by atoms with E-state index in [9.17, 15) is 4.79 Å². The molecular weight excluding hydrogens is 218 g/mol. The Bertz CT molecular complexity index is 431. The largest absolute Gasteiger partial charge is 0.409 e. The number of nitrogens with zero attached hydrogens (tertiary/aromatic N) is 1. The number of oxime groups is 1. The van der Waals surface area contributed by atoms with Crippen LogP contribution in [0.2, 0.25) is 0 Å².